The van der Waals surface area contributed by atoms with Gasteiger partial charge in [-0.3, -0.25) is 0 Å². The zero-order valence-electron chi connectivity index (χ0n) is 12.1. The van der Waals surface area contributed by atoms with Crippen molar-refractivity contribution in [2.45, 2.75) is 6.54 Å². The van der Waals surface area contributed by atoms with Crippen LogP contribution in [0.4, 0.5) is 11.4 Å². The van der Waals surface area contributed by atoms with Crippen LogP contribution in [-0.4, -0.2) is 35.9 Å². The van der Waals surface area contributed by atoms with E-state index in [2.05, 4.69) is 21.3 Å². The lowest BCUT2D eigenvalue weighted by atomic mass is 10.2. The van der Waals surface area contributed by atoms with Gasteiger partial charge in [0, 0.05) is 37.6 Å². The van der Waals surface area contributed by atoms with E-state index < -0.39 is 0 Å². The molecular weight excluding hydrogens is 288 g/mol. The summed E-state index contributed by atoms with van der Waals surface area (Å²) in [5.41, 5.74) is 2.20. The minimum Gasteiger partial charge on any atom is -0.378 e. The summed E-state index contributed by atoms with van der Waals surface area (Å²) in [6.07, 6.45) is 3.75. The number of rotatable bonds is 4. The molecule has 2 aromatic rings. The van der Waals surface area contributed by atoms with E-state index in [4.69, 9.17) is 16.3 Å². The van der Waals surface area contributed by atoms with Crippen molar-refractivity contribution in [1.82, 2.24) is 9.55 Å². The largest absolute Gasteiger partial charge is 0.378 e. The zero-order valence-corrected chi connectivity index (χ0v) is 12.8. The van der Waals surface area contributed by atoms with E-state index >= 15 is 0 Å². The van der Waals surface area contributed by atoms with Crippen LogP contribution in [0, 0.1) is 0 Å². The average Bonchev–Trinajstić information content (AvgIpc) is 2.91. The summed E-state index contributed by atoms with van der Waals surface area (Å²) < 4.78 is 7.42. The molecule has 112 valence electrons. The third kappa shape index (κ3) is 3.31. The minimum atomic E-state index is 0.668. The van der Waals surface area contributed by atoms with Gasteiger partial charge in [0.2, 0.25) is 0 Å². The zero-order chi connectivity index (χ0) is 14.7. The van der Waals surface area contributed by atoms with Crippen LogP contribution in [0.15, 0.2) is 30.6 Å². The van der Waals surface area contributed by atoms with Crippen molar-refractivity contribution in [3.8, 4) is 0 Å². The first kappa shape index (κ1) is 14.2. The SMILES string of the molecule is Cn1ccnc1CNc1cc(Cl)ccc1N1CCOCC1. The molecule has 1 fully saturated rings. The van der Waals surface area contributed by atoms with Crippen molar-refractivity contribution in [3.63, 3.8) is 0 Å². The van der Waals surface area contributed by atoms with Crippen molar-refractivity contribution < 1.29 is 4.74 Å². The highest BCUT2D eigenvalue weighted by molar-refractivity contribution is 6.31. The first-order chi connectivity index (χ1) is 10.2. The predicted octanol–water partition coefficient (Wildman–Crippen LogP) is 2.52. The van der Waals surface area contributed by atoms with Gasteiger partial charge in [-0.15, -0.1) is 0 Å². The van der Waals surface area contributed by atoms with Crippen molar-refractivity contribution in [3.05, 3.63) is 41.4 Å². The van der Waals surface area contributed by atoms with Crippen LogP contribution in [0.25, 0.3) is 0 Å². The number of nitrogens with zero attached hydrogens (tertiary/aromatic N) is 3. The molecule has 0 saturated carbocycles. The number of halogens is 1. The van der Waals surface area contributed by atoms with Crippen molar-refractivity contribution in [2.24, 2.45) is 7.05 Å². The summed E-state index contributed by atoms with van der Waals surface area (Å²) in [6, 6.07) is 5.96. The molecule has 0 amide bonds. The molecular formula is C15H19ClN4O. The van der Waals surface area contributed by atoms with Crippen LogP contribution in [0.5, 0.6) is 0 Å². The molecule has 1 N–H and O–H groups in total. The fraction of sp³-hybridized carbons (Fsp3) is 0.400. The Morgan fingerprint density at radius 2 is 2.14 bits per heavy atom. The van der Waals surface area contributed by atoms with Crippen LogP contribution in [-0.2, 0) is 18.3 Å². The molecule has 1 aliphatic heterocycles. The average molecular weight is 307 g/mol. The van der Waals surface area contributed by atoms with Gasteiger partial charge in [0.1, 0.15) is 5.82 Å². The van der Waals surface area contributed by atoms with Gasteiger partial charge in [0.15, 0.2) is 0 Å². The first-order valence-electron chi connectivity index (χ1n) is 7.06. The monoisotopic (exact) mass is 306 g/mol. The standard InChI is InChI=1S/C15H19ClN4O/c1-19-5-4-17-15(19)11-18-13-10-12(16)2-3-14(13)20-6-8-21-9-7-20/h2-5,10,18H,6-9,11H2,1H3. The summed E-state index contributed by atoms with van der Waals surface area (Å²) in [5, 5.41) is 4.18. The maximum Gasteiger partial charge on any atom is 0.127 e. The number of aryl methyl sites for hydroxylation is 1. The van der Waals surface area contributed by atoms with Crippen LogP contribution in [0.3, 0.4) is 0 Å². The number of anilines is 2. The molecule has 1 aliphatic rings. The molecule has 0 bridgehead atoms. The van der Waals surface area contributed by atoms with Crippen molar-refractivity contribution >= 4 is 23.0 Å². The molecule has 2 heterocycles. The number of imidazole rings is 1. The number of aromatic nitrogens is 2. The van der Waals surface area contributed by atoms with E-state index in [9.17, 15) is 0 Å². The quantitative estimate of drug-likeness (QED) is 0.942. The maximum atomic E-state index is 6.14. The van der Waals surface area contributed by atoms with Gasteiger partial charge in [-0.2, -0.15) is 0 Å². The van der Waals surface area contributed by atoms with E-state index in [1.165, 1.54) is 0 Å². The van der Waals surface area contributed by atoms with Crippen molar-refractivity contribution in [2.75, 3.05) is 36.5 Å². The number of hydrogen-bond donors (Lipinski definition) is 1. The van der Waals surface area contributed by atoms with Gasteiger partial charge in [-0.1, -0.05) is 11.6 Å². The summed E-state index contributed by atoms with van der Waals surface area (Å²) in [6.45, 7) is 4.00. The highest BCUT2D eigenvalue weighted by Gasteiger charge is 2.15. The van der Waals surface area contributed by atoms with Crippen LogP contribution < -0.4 is 10.2 Å². The van der Waals surface area contributed by atoms with Gasteiger partial charge in [0.25, 0.3) is 0 Å². The Labute approximate surface area is 129 Å². The molecule has 6 heteroatoms. The fourth-order valence-corrected chi connectivity index (χ4v) is 2.64. The summed E-state index contributed by atoms with van der Waals surface area (Å²) >= 11 is 6.14. The lowest BCUT2D eigenvalue weighted by Crippen LogP contribution is -2.36. The summed E-state index contributed by atoms with van der Waals surface area (Å²) in [5.74, 6) is 0.989. The molecule has 0 unspecified atom stereocenters. The third-order valence-electron chi connectivity index (χ3n) is 3.67. The van der Waals surface area contributed by atoms with Crippen LogP contribution in [0.1, 0.15) is 5.82 Å². The Bertz CT molecular complexity index is 607. The fourth-order valence-electron chi connectivity index (χ4n) is 2.47. The third-order valence-corrected chi connectivity index (χ3v) is 3.90. The van der Waals surface area contributed by atoms with Gasteiger partial charge in [-0.25, -0.2) is 4.98 Å². The molecule has 0 radical (unpaired) electrons. The second kappa shape index (κ2) is 6.37. The number of hydrogen-bond acceptors (Lipinski definition) is 4. The maximum absolute atomic E-state index is 6.14. The van der Waals surface area contributed by atoms with E-state index in [0.29, 0.717) is 6.54 Å². The van der Waals surface area contributed by atoms with E-state index in [0.717, 1.165) is 48.5 Å². The Morgan fingerprint density at radius 3 is 2.86 bits per heavy atom. The van der Waals surface area contributed by atoms with Crippen molar-refractivity contribution in [1.29, 1.82) is 0 Å². The number of benzene rings is 1. The molecule has 1 aromatic carbocycles. The molecule has 0 atom stereocenters. The Kier molecular flexibility index (Phi) is 4.31. The molecule has 0 aliphatic carbocycles. The second-order valence-electron chi connectivity index (χ2n) is 5.07. The smallest absolute Gasteiger partial charge is 0.127 e. The van der Waals surface area contributed by atoms with Crippen LogP contribution in [0.2, 0.25) is 5.02 Å². The Hall–Kier alpha value is -1.72. The molecule has 21 heavy (non-hydrogen) atoms. The van der Waals surface area contributed by atoms with Gasteiger partial charge >= 0.3 is 0 Å². The highest BCUT2D eigenvalue weighted by Crippen LogP contribution is 2.30. The number of morpholine rings is 1. The number of ether oxygens (including phenoxy) is 1. The van der Waals surface area contributed by atoms with Gasteiger partial charge in [0.05, 0.1) is 31.1 Å². The molecule has 0 spiro atoms. The van der Waals surface area contributed by atoms with E-state index in [-0.39, 0.29) is 0 Å². The molecule has 1 aromatic heterocycles. The first-order valence-corrected chi connectivity index (χ1v) is 7.44. The molecule has 5 nitrogen and oxygen atoms in total. The summed E-state index contributed by atoms with van der Waals surface area (Å²) in [4.78, 5) is 6.65. The normalized spacial score (nSPS) is 15.2. The minimum absolute atomic E-state index is 0.668. The van der Waals surface area contributed by atoms with Gasteiger partial charge < -0.3 is 19.5 Å². The molecule has 1 saturated heterocycles. The number of nitrogens with one attached hydrogen (secondary N) is 1. The topological polar surface area (TPSA) is 42.3 Å². The summed E-state index contributed by atoms with van der Waals surface area (Å²) in [7, 11) is 1.99. The van der Waals surface area contributed by atoms with Crippen LogP contribution >= 0.6 is 11.6 Å². The second-order valence-corrected chi connectivity index (χ2v) is 5.51. The van der Waals surface area contributed by atoms with E-state index in [1.54, 1.807) is 6.20 Å². The molecule has 3 rings (SSSR count). The Morgan fingerprint density at radius 1 is 1.33 bits per heavy atom. The Balaban J connectivity index is 1.79. The van der Waals surface area contributed by atoms with E-state index in [1.807, 2.05) is 29.9 Å². The highest BCUT2D eigenvalue weighted by atomic mass is 35.5. The predicted molar refractivity (Wildman–Crippen MR) is 85.0 cm³/mol. The lowest BCUT2D eigenvalue weighted by Gasteiger charge is -2.30. The van der Waals surface area contributed by atoms with Gasteiger partial charge in [-0.05, 0) is 18.2 Å². The lowest BCUT2D eigenvalue weighted by molar-refractivity contribution is 0.123.